The number of aromatic nitrogens is 4. The predicted octanol–water partition coefficient (Wildman–Crippen LogP) is 0.160. The fourth-order valence-corrected chi connectivity index (χ4v) is 1.69. The van der Waals surface area contributed by atoms with Gasteiger partial charge in [-0.3, -0.25) is 9.78 Å². The molecule has 3 rings (SSSR count). The minimum atomic E-state index is -0.538. The smallest absolute Gasteiger partial charge is 0.305 e. The molecule has 78 valence electrons. The third-order valence-electron chi connectivity index (χ3n) is 2.39. The van der Waals surface area contributed by atoms with Gasteiger partial charge in [0.15, 0.2) is 0 Å². The van der Waals surface area contributed by atoms with Crippen LogP contribution in [0.25, 0.3) is 21.8 Å². The van der Waals surface area contributed by atoms with Crippen LogP contribution in [0.15, 0.2) is 34.2 Å². The van der Waals surface area contributed by atoms with Crippen molar-refractivity contribution in [3.8, 4) is 0 Å². The standard InChI is InChI=1S/C10H6N4O2/c15-9-6-2-1-5-3-11-4-12-7(5)8(6)13-10(16)14-9/h1-4H,(H2,13,14,15,16). The van der Waals surface area contributed by atoms with Gasteiger partial charge in [0, 0.05) is 11.6 Å². The van der Waals surface area contributed by atoms with Crippen LogP contribution in [0.4, 0.5) is 0 Å². The summed E-state index contributed by atoms with van der Waals surface area (Å²) in [5.74, 6) is 0. The van der Waals surface area contributed by atoms with Gasteiger partial charge in [-0.05, 0) is 6.07 Å². The molecule has 0 amide bonds. The van der Waals surface area contributed by atoms with Gasteiger partial charge in [0.05, 0.1) is 16.4 Å². The van der Waals surface area contributed by atoms with Gasteiger partial charge in [-0.15, -0.1) is 0 Å². The predicted molar refractivity (Wildman–Crippen MR) is 58.3 cm³/mol. The summed E-state index contributed by atoms with van der Waals surface area (Å²) < 4.78 is 0. The normalized spacial score (nSPS) is 11.0. The molecule has 0 fully saturated rings. The van der Waals surface area contributed by atoms with Crippen molar-refractivity contribution in [2.45, 2.75) is 0 Å². The Morgan fingerprint density at radius 1 is 1.12 bits per heavy atom. The van der Waals surface area contributed by atoms with Gasteiger partial charge < -0.3 is 4.98 Å². The van der Waals surface area contributed by atoms with Crippen LogP contribution in [0.2, 0.25) is 0 Å². The van der Waals surface area contributed by atoms with E-state index in [-0.39, 0.29) is 0 Å². The van der Waals surface area contributed by atoms with E-state index in [1.165, 1.54) is 6.33 Å². The molecule has 0 aliphatic heterocycles. The highest BCUT2D eigenvalue weighted by Gasteiger charge is 2.05. The molecule has 0 atom stereocenters. The lowest BCUT2D eigenvalue weighted by Gasteiger charge is -2.00. The number of rotatable bonds is 0. The Bertz CT molecular complexity index is 803. The van der Waals surface area contributed by atoms with Crippen molar-refractivity contribution in [1.29, 1.82) is 0 Å². The van der Waals surface area contributed by atoms with Gasteiger partial charge >= 0.3 is 5.69 Å². The molecule has 0 radical (unpaired) electrons. The number of aromatic amines is 2. The molecule has 0 aliphatic carbocycles. The lowest BCUT2D eigenvalue weighted by atomic mass is 10.2. The quantitative estimate of drug-likeness (QED) is 0.521. The van der Waals surface area contributed by atoms with Gasteiger partial charge in [0.1, 0.15) is 6.33 Å². The maximum Gasteiger partial charge on any atom is 0.326 e. The lowest BCUT2D eigenvalue weighted by molar-refractivity contribution is 1.08. The fraction of sp³-hybridized carbons (Fsp3) is 0. The summed E-state index contributed by atoms with van der Waals surface area (Å²) in [4.78, 5) is 35.4. The first-order valence-electron chi connectivity index (χ1n) is 4.61. The van der Waals surface area contributed by atoms with Crippen molar-refractivity contribution >= 4 is 21.8 Å². The second-order valence-corrected chi connectivity index (χ2v) is 3.36. The summed E-state index contributed by atoms with van der Waals surface area (Å²) in [7, 11) is 0. The SMILES string of the molecule is O=c1[nH]c(=O)c2ccc3cncnc3c2[nH]1. The number of H-pyrrole nitrogens is 2. The summed E-state index contributed by atoms with van der Waals surface area (Å²) in [5, 5.41) is 1.18. The van der Waals surface area contributed by atoms with E-state index in [9.17, 15) is 9.59 Å². The van der Waals surface area contributed by atoms with E-state index in [0.717, 1.165) is 5.39 Å². The Labute approximate surface area is 88.0 Å². The molecule has 16 heavy (non-hydrogen) atoms. The van der Waals surface area contributed by atoms with Gasteiger partial charge in [0.2, 0.25) is 0 Å². The topological polar surface area (TPSA) is 91.5 Å². The van der Waals surface area contributed by atoms with Crippen molar-refractivity contribution in [1.82, 2.24) is 19.9 Å². The number of hydrogen-bond acceptors (Lipinski definition) is 4. The molecule has 1 aromatic carbocycles. The Morgan fingerprint density at radius 2 is 2.00 bits per heavy atom. The van der Waals surface area contributed by atoms with Crippen molar-refractivity contribution in [3.05, 3.63) is 45.5 Å². The summed E-state index contributed by atoms with van der Waals surface area (Å²) in [6, 6.07) is 3.38. The summed E-state index contributed by atoms with van der Waals surface area (Å²) in [6.07, 6.45) is 3.00. The van der Waals surface area contributed by atoms with Gasteiger partial charge in [-0.2, -0.15) is 0 Å². The zero-order chi connectivity index (χ0) is 11.1. The second-order valence-electron chi connectivity index (χ2n) is 3.36. The summed E-state index contributed by atoms with van der Waals surface area (Å²) in [5.41, 5.74) is 0.0484. The zero-order valence-corrected chi connectivity index (χ0v) is 8.02. The first-order chi connectivity index (χ1) is 7.75. The van der Waals surface area contributed by atoms with Gasteiger partial charge in [0.25, 0.3) is 5.56 Å². The molecule has 6 nitrogen and oxygen atoms in total. The number of nitrogens with zero attached hydrogens (tertiary/aromatic N) is 2. The van der Waals surface area contributed by atoms with Gasteiger partial charge in [-0.1, -0.05) is 6.07 Å². The maximum absolute atomic E-state index is 11.5. The molecular weight excluding hydrogens is 208 g/mol. The molecule has 0 unspecified atom stereocenters. The van der Waals surface area contributed by atoms with Crippen LogP contribution in [0.5, 0.6) is 0 Å². The average Bonchev–Trinajstić information content (AvgIpc) is 2.28. The minimum absolute atomic E-state index is 0.408. The molecule has 3 aromatic rings. The first-order valence-corrected chi connectivity index (χ1v) is 4.61. The van der Waals surface area contributed by atoms with E-state index >= 15 is 0 Å². The number of nitrogens with one attached hydrogen (secondary N) is 2. The van der Waals surface area contributed by atoms with E-state index in [1.54, 1.807) is 18.3 Å². The fourth-order valence-electron chi connectivity index (χ4n) is 1.69. The van der Waals surface area contributed by atoms with Crippen LogP contribution in [-0.2, 0) is 0 Å². The third-order valence-corrected chi connectivity index (χ3v) is 2.39. The largest absolute Gasteiger partial charge is 0.326 e. The number of hydrogen-bond donors (Lipinski definition) is 2. The highest BCUT2D eigenvalue weighted by atomic mass is 16.2. The van der Waals surface area contributed by atoms with E-state index < -0.39 is 11.2 Å². The van der Waals surface area contributed by atoms with Crippen molar-refractivity contribution in [2.75, 3.05) is 0 Å². The lowest BCUT2D eigenvalue weighted by Crippen LogP contribution is -2.21. The number of fused-ring (bicyclic) bond motifs is 3. The van der Waals surface area contributed by atoms with Crippen LogP contribution in [0.1, 0.15) is 0 Å². The van der Waals surface area contributed by atoms with Crippen molar-refractivity contribution < 1.29 is 0 Å². The molecule has 2 heterocycles. The second kappa shape index (κ2) is 2.99. The minimum Gasteiger partial charge on any atom is -0.305 e. The van der Waals surface area contributed by atoms with E-state index in [4.69, 9.17) is 0 Å². The Morgan fingerprint density at radius 3 is 2.88 bits per heavy atom. The van der Waals surface area contributed by atoms with Crippen molar-refractivity contribution in [3.63, 3.8) is 0 Å². The van der Waals surface area contributed by atoms with Crippen LogP contribution in [0, 0.1) is 0 Å². The van der Waals surface area contributed by atoms with E-state index in [1.807, 2.05) is 0 Å². The summed E-state index contributed by atoms with van der Waals surface area (Å²) in [6.45, 7) is 0. The summed E-state index contributed by atoms with van der Waals surface area (Å²) >= 11 is 0. The highest BCUT2D eigenvalue weighted by Crippen LogP contribution is 2.16. The van der Waals surface area contributed by atoms with Crippen LogP contribution >= 0.6 is 0 Å². The molecular formula is C10H6N4O2. The van der Waals surface area contributed by atoms with Gasteiger partial charge in [-0.25, -0.2) is 14.8 Å². The van der Waals surface area contributed by atoms with Crippen LogP contribution in [-0.4, -0.2) is 19.9 Å². The molecule has 0 aliphatic rings. The Hall–Kier alpha value is -2.50. The van der Waals surface area contributed by atoms with Crippen molar-refractivity contribution in [2.24, 2.45) is 0 Å². The van der Waals surface area contributed by atoms with E-state index in [2.05, 4.69) is 19.9 Å². The zero-order valence-electron chi connectivity index (χ0n) is 8.02. The molecule has 0 saturated carbocycles. The molecule has 2 aromatic heterocycles. The first kappa shape index (κ1) is 8.78. The maximum atomic E-state index is 11.5. The monoisotopic (exact) mass is 214 g/mol. The molecule has 0 spiro atoms. The van der Waals surface area contributed by atoms with Crippen LogP contribution in [0.3, 0.4) is 0 Å². The average molecular weight is 214 g/mol. The molecule has 2 N–H and O–H groups in total. The molecule has 0 bridgehead atoms. The number of benzene rings is 1. The highest BCUT2D eigenvalue weighted by molar-refractivity contribution is 6.01. The molecule has 0 saturated heterocycles. The Balaban J connectivity index is 2.70. The molecule has 6 heteroatoms. The third kappa shape index (κ3) is 1.13. The Kier molecular flexibility index (Phi) is 1.64. The van der Waals surface area contributed by atoms with E-state index in [0.29, 0.717) is 16.4 Å². The van der Waals surface area contributed by atoms with Crippen LogP contribution < -0.4 is 11.2 Å².